The molecule has 0 N–H and O–H groups in total. The summed E-state index contributed by atoms with van der Waals surface area (Å²) in [7, 11) is 1.90. The molecule has 0 saturated heterocycles. The maximum absolute atomic E-state index is 4.71. The molecule has 0 aliphatic rings. The Hall–Kier alpha value is -2.60. The van der Waals surface area contributed by atoms with Gasteiger partial charge in [-0.05, 0) is 43.7 Å². The number of pyridine rings is 1. The molecule has 0 radical (unpaired) electrons. The number of thiazole rings is 1. The summed E-state index contributed by atoms with van der Waals surface area (Å²) >= 11 is 1.68. The molecular weight excluding hydrogens is 306 g/mol. The number of fused-ring (bicyclic) bond motifs is 1. The maximum Gasteiger partial charge on any atom is 0.113 e. The van der Waals surface area contributed by atoms with E-state index < -0.39 is 0 Å². The van der Waals surface area contributed by atoms with Gasteiger partial charge < -0.3 is 0 Å². The van der Waals surface area contributed by atoms with Gasteiger partial charge in [-0.25, -0.2) is 9.67 Å². The van der Waals surface area contributed by atoms with Crippen LogP contribution < -0.4 is 0 Å². The van der Waals surface area contributed by atoms with Crippen molar-refractivity contribution in [2.75, 3.05) is 0 Å². The molecule has 3 aromatic heterocycles. The lowest BCUT2D eigenvalue weighted by Gasteiger charge is -2.04. The first-order chi connectivity index (χ1) is 11.1. The molecule has 4 aromatic rings. The highest BCUT2D eigenvalue weighted by molar-refractivity contribution is 7.15. The van der Waals surface area contributed by atoms with Crippen LogP contribution in [0, 0.1) is 13.8 Å². The van der Waals surface area contributed by atoms with Gasteiger partial charge in [0.25, 0.3) is 0 Å². The molecule has 0 atom stereocenters. The summed E-state index contributed by atoms with van der Waals surface area (Å²) in [5.74, 6) is 0. The van der Waals surface area contributed by atoms with E-state index in [2.05, 4.69) is 27.4 Å². The zero-order valence-corrected chi connectivity index (χ0v) is 13.9. The average molecular weight is 321 g/mol. The quantitative estimate of drug-likeness (QED) is 0.564. The van der Waals surface area contributed by atoms with Crippen molar-refractivity contribution < 1.29 is 0 Å². The van der Waals surface area contributed by atoms with Gasteiger partial charge in [-0.15, -0.1) is 16.4 Å². The third kappa shape index (κ3) is 2.41. The van der Waals surface area contributed by atoms with E-state index in [1.807, 2.05) is 45.2 Å². The highest BCUT2D eigenvalue weighted by atomic mass is 32.1. The highest BCUT2D eigenvalue weighted by Gasteiger charge is 2.15. The molecule has 0 bridgehead atoms. The van der Waals surface area contributed by atoms with E-state index in [9.17, 15) is 0 Å². The first-order valence-electron chi connectivity index (χ1n) is 7.33. The molecule has 114 valence electrons. The van der Waals surface area contributed by atoms with Gasteiger partial charge in [0.05, 0.1) is 21.1 Å². The van der Waals surface area contributed by atoms with Crippen molar-refractivity contribution in [3.63, 3.8) is 0 Å². The van der Waals surface area contributed by atoms with Crippen LogP contribution in [0.5, 0.6) is 0 Å². The summed E-state index contributed by atoms with van der Waals surface area (Å²) in [4.78, 5) is 10.5. The zero-order chi connectivity index (χ0) is 16.0. The van der Waals surface area contributed by atoms with E-state index in [-0.39, 0.29) is 0 Å². The third-order valence-corrected chi connectivity index (χ3v) is 4.76. The fraction of sp³-hybridized carbons (Fsp3) is 0.176. The van der Waals surface area contributed by atoms with Gasteiger partial charge >= 0.3 is 0 Å². The minimum absolute atomic E-state index is 0.896. The van der Waals surface area contributed by atoms with E-state index in [1.165, 1.54) is 0 Å². The molecule has 0 spiro atoms. The number of aromatic nitrogens is 5. The summed E-state index contributed by atoms with van der Waals surface area (Å²) in [5.41, 5.74) is 5.86. The summed E-state index contributed by atoms with van der Waals surface area (Å²) in [6, 6.07) is 12.2. The molecule has 1 aromatic carbocycles. The van der Waals surface area contributed by atoms with Crippen molar-refractivity contribution in [3.05, 3.63) is 47.1 Å². The second-order valence-corrected chi connectivity index (χ2v) is 6.69. The molecule has 0 amide bonds. The molecule has 0 fully saturated rings. The van der Waals surface area contributed by atoms with Crippen LogP contribution >= 0.6 is 11.3 Å². The zero-order valence-electron chi connectivity index (χ0n) is 13.1. The maximum atomic E-state index is 4.71. The van der Waals surface area contributed by atoms with Crippen molar-refractivity contribution in [3.8, 4) is 21.8 Å². The lowest BCUT2D eigenvalue weighted by molar-refractivity contribution is 0.736. The van der Waals surface area contributed by atoms with E-state index >= 15 is 0 Å². The van der Waals surface area contributed by atoms with Crippen LogP contribution in [0.3, 0.4) is 0 Å². The Morgan fingerprint density at radius 3 is 2.74 bits per heavy atom. The predicted octanol–water partition coefficient (Wildman–Crippen LogP) is 3.77. The number of nitrogens with zero attached hydrogens (tertiary/aromatic N) is 5. The van der Waals surface area contributed by atoms with E-state index in [0.717, 1.165) is 43.6 Å². The van der Waals surface area contributed by atoms with Gasteiger partial charge in [-0.3, -0.25) is 4.98 Å². The van der Waals surface area contributed by atoms with Crippen LogP contribution in [-0.2, 0) is 7.05 Å². The third-order valence-electron chi connectivity index (χ3n) is 3.74. The SMILES string of the molecule is Cc1cccc(-c2nc(C)sc2-c2ccc3nnn(C)c3c2)n1. The molecule has 0 aliphatic carbocycles. The highest BCUT2D eigenvalue weighted by Crippen LogP contribution is 2.36. The molecule has 0 aliphatic heterocycles. The number of rotatable bonds is 2. The van der Waals surface area contributed by atoms with Crippen molar-refractivity contribution in [1.29, 1.82) is 0 Å². The van der Waals surface area contributed by atoms with Gasteiger partial charge in [0.2, 0.25) is 0 Å². The molecule has 5 nitrogen and oxygen atoms in total. The van der Waals surface area contributed by atoms with Crippen LogP contribution in [0.15, 0.2) is 36.4 Å². The van der Waals surface area contributed by atoms with Gasteiger partial charge in [0.15, 0.2) is 0 Å². The van der Waals surface area contributed by atoms with Gasteiger partial charge in [-0.1, -0.05) is 17.3 Å². The predicted molar refractivity (Wildman–Crippen MR) is 92.3 cm³/mol. The van der Waals surface area contributed by atoms with Crippen LogP contribution in [0.2, 0.25) is 0 Å². The number of aryl methyl sites for hydroxylation is 3. The molecule has 3 heterocycles. The van der Waals surface area contributed by atoms with Crippen molar-refractivity contribution in [2.24, 2.45) is 7.05 Å². The van der Waals surface area contributed by atoms with E-state index in [0.29, 0.717) is 0 Å². The lowest BCUT2D eigenvalue weighted by Crippen LogP contribution is -1.90. The Bertz CT molecular complexity index is 1010. The number of hydrogen-bond donors (Lipinski definition) is 0. The summed E-state index contributed by atoms with van der Waals surface area (Å²) in [5, 5.41) is 9.24. The van der Waals surface area contributed by atoms with Gasteiger partial charge in [-0.2, -0.15) is 0 Å². The lowest BCUT2D eigenvalue weighted by atomic mass is 10.1. The standard InChI is InChI=1S/C17H15N5S/c1-10-5-4-6-14(18-10)16-17(23-11(2)19-16)12-7-8-13-15(9-12)22(3)21-20-13/h4-9H,1-3H3. The second-order valence-electron chi connectivity index (χ2n) is 5.49. The Kier molecular flexibility index (Phi) is 3.20. The molecular formula is C17H15N5S. The largest absolute Gasteiger partial charge is 0.251 e. The first-order valence-corrected chi connectivity index (χ1v) is 8.15. The minimum atomic E-state index is 0.896. The number of benzene rings is 1. The fourth-order valence-electron chi connectivity index (χ4n) is 2.64. The molecule has 0 saturated carbocycles. The summed E-state index contributed by atoms with van der Waals surface area (Å²) in [6.45, 7) is 4.02. The van der Waals surface area contributed by atoms with Crippen molar-refractivity contribution in [1.82, 2.24) is 25.0 Å². The van der Waals surface area contributed by atoms with Gasteiger partial charge in [0, 0.05) is 12.7 Å². The average Bonchev–Trinajstić information content (AvgIpc) is 3.11. The van der Waals surface area contributed by atoms with Crippen molar-refractivity contribution >= 4 is 22.4 Å². The monoisotopic (exact) mass is 321 g/mol. The van der Waals surface area contributed by atoms with Crippen LogP contribution in [0.1, 0.15) is 10.7 Å². The summed E-state index contributed by atoms with van der Waals surface area (Å²) < 4.78 is 1.79. The molecule has 0 unspecified atom stereocenters. The van der Waals surface area contributed by atoms with Crippen LogP contribution in [0.4, 0.5) is 0 Å². The Morgan fingerprint density at radius 2 is 1.91 bits per heavy atom. The molecule has 23 heavy (non-hydrogen) atoms. The first kappa shape index (κ1) is 14.0. The summed E-state index contributed by atoms with van der Waals surface area (Å²) in [6.07, 6.45) is 0. The van der Waals surface area contributed by atoms with E-state index in [1.54, 1.807) is 16.0 Å². The Morgan fingerprint density at radius 1 is 1.04 bits per heavy atom. The normalized spacial score (nSPS) is 11.3. The smallest absolute Gasteiger partial charge is 0.113 e. The fourth-order valence-corrected chi connectivity index (χ4v) is 3.57. The molecule has 4 rings (SSSR count). The second kappa shape index (κ2) is 5.24. The van der Waals surface area contributed by atoms with Crippen molar-refractivity contribution in [2.45, 2.75) is 13.8 Å². The van der Waals surface area contributed by atoms with E-state index in [4.69, 9.17) is 4.98 Å². The Balaban J connectivity index is 1.92. The topological polar surface area (TPSA) is 56.5 Å². The number of hydrogen-bond acceptors (Lipinski definition) is 5. The Labute approximate surface area is 137 Å². The van der Waals surface area contributed by atoms with Crippen LogP contribution in [0.25, 0.3) is 32.9 Å². The van der Waals surface area contributed by atoms with Crippen LogP contribution in [-0.4, -0.2) is 25.0 Å². The molecule has 6 heteroatoms. The minimum Gasteiger partial charge on any atom is -0.251 e. The van der Waals surface area contributed by atoms with Gasteiger partial charge in [0.1, 0.15) is 11.2 Å².